The quantitative estimate of drug-likeness (QED) is 0.204. The van der Waals surface area contributed by atoms with E-state index in [-0.39, 0.29) is 5.41 Å². The van der Waals surface area contributed by atoms with E-state index >= 15 is 0 Å². The van der Waals surface area contributed by atoms with E-state index in [0.29, 0.717) is 5.54 Å². The highest BCUT2D eigenvalue weighted by molar-refractivity contribution is 6.09. The summed E-state index contributed by atoms with van der Waals surface area (Å²) in [6.07, 6.45) is 9.81. The molecule has 44 heavy (non-hydrogen) atoms. The Labute approximate surface area is 257 Å². The number of hydrogen-bond acceptors (Lipinski definition) is 5. The first-order chi connectivity index (χ1) is 21.4. The first-order valence-corrected chi connectivity index (χ1v) is 15.6. The van der Waals surface area contributed by atoms with Crippen LogP contribution in [0, 0.1) is 5.92 Å². The van der Waals surface area contributed by atoms with Crippen LogP contribution >= 0.6 is 0 Å². The van der Waals surface area contributed by atoms with Crippen molar-refractivity contribution in [1.82, 2.24) is 14.5 Å². The molecule has 3 fully saturated rings. The lowest BCUT2D eigenvalue weighted by molar-refractivity contribution is -0.0233. The molecule has 6 heteroatoms. The van der Waals surface area contributed by atoms with Crippen molar-refractivity contribution >= 4 is 38.9 Å². The number of anilines is 3. The van der Waals surface area contributed by atoms with Crippen molar-refractivity contribution in [3.63, 3.8) is 0 Å². The molecule has 0 amide bonds. The number of rotatable bonds is 5. The number of para-hydroxylation sites is 1. The lowest BCUT2D eigenvalue weighted by atomic mass is 9.49. The van der Waals surface area contributed by atoms with Crippen LogP contribution in [-0.4, -0.2) is 26.7 Å². The zero-order valence-corrected chi connectivity index (χ0v) is 25.4. The molecule has 4 aliphatic rings. The molecule has 0 spiro atoms. The third-order valence-electron chi connectivity index (χ3n) is 10.1. The van der Waals surface area contributed by atoms with Crippen LogP contribution in [0.25, 0.3) is 27.6 Å². The van der Waals surface area contributed by atoms with Crippen molar-refractivity contribution in [3.8, 4) is 17.3 Å². The fourth-order valence-electron chi connectivity index (χ4n) is 7.62. The Balaban J connectivity index is 1.08. The maximum absolute atomic E-state index is 6.58. The topological polar surface area (TPSA) is 46.4 Å². The van der Waals surface area contributed by atoms with Gasteiger partial charge >= 0.3 is 0 Å². The van der Waals surface area contributed by atoms with Crippen LogP contribution in [0.5, 0.6) is 11.5 Å². The summed E-state index contributed by atoms with van der Waals surface area (Å²) < 4.78 is 8.84. The molecule has 0 N–H and O–H groups in total. The van der Waals surface area contributed by atoms with Crippen molar-refractivity contribution in [2.45, 2.75) is 51.0 Å². The summed E-state index contributed by atoms with van der Waals surface area (Å²) in [6, 6.07) is 29.9. The second-order valence-electron chi connectivity index (χ2n) is 13.8. The van der Waals surface area contributed by atoms with Gasteiger partial charge in [-0.2, -0.15) is 0 Å². The van der Waals surface area contributed by atoms with Crippen molar-refractivity contribution in [2.75, 3.05) is 16.5 Å². The van der Waals surface area contributed by atoms with Gasteiger partial charge in [-0.1, -0.05) is 45.0 Å². The summed E-state index contributed by atoms with van der Waals surface area (Å²) >= 11 is 0. The van der Waals surface area contributed by atoms with Gasteiger partial charge in [0, 0.05) is 46.5 Å². The zero-order chi connectivity index (χ0) is 29.6. The smallest absolute Gasteiger partial charge is 0.137 e. The Kier molecular flexibility index (Phi) is 5.29. The van der Waals surface area contributed by atoms with E-state index in [0.717, 1.165) is 46.6 Å². The van der Waals surface area contributed by atoms with Crippen molar-refractivity contribution in [3.05, 3.63) is 109 Å². The molecule has 3 aromatic heterocycles. The molecule has 6 nitrogen and oxygen atoms in total. The van der Waals surface area contributed by atoms with E-state index < -0.39 is 0 Å². The number of nitrogens with zero attached hydrogens (tertiary/aromatic N) is 5. The normalized spacial score (nSPS) is 20.5. The van der Waals surface area contributed by atoms with Gasteiger partial charge in [0.05, 0.1) is 35.3 Å². The summed E-state index contributed by atoms with van der Waals surface area (Å²) in [5.74, 6) is 3.45. The summed E-state index contributed by atoms with van der Waals surface area (Å²) in [5.41, 5.74) is 7.42. The lowest BCUT2D eigenvalue weighted by Crippen LogP contribution is -2.68. The van der Waals surface area contributed by atoms with Gasteiger partial charge in [0.1, 0.15) is 17.3 Å². The van der Waals surface area contributed by atoms with Crippen LogP contribution in [0.4, 0.5) is 17.1 Å². The van der Waals surface area contributed by atoms with Gasteiger partial charge in [-0.05, 0) is 84.7 Å². The maximum atomic E-state index is 6.58. The van der Waals surface area contributed by atoms with Gasteiger partial charge in [0.25, 0.3) is 0 Å². The lowest BCUT2D eigenvalue weighted by Gasteiger charge is -2.66. The number of aromatic nitrogens is 3. The van der Waals surface area contributed by atoms with Gasteiger partial charge in [-0.3, -0.25) is 9.55 Å². The van der Waals surface area contributed by atoms with Crippen molar-refractivity contribution < 1.29 is 4.74 Å². The minimum atomic E-state index is 0.0243. The highest BCUT2D eigenvalue weighted by atomic mass is 16.5. The molecule has 4 heterocycles. The van der Waals surface area contributed by atoms with Crippen LogP contribution < -0.4 is 14.5 Å². The van der Waals surface area contributed by atoms with E-state index in [1.807, 2.05) is 24.7 Å². The Bertz CT molecular complexity index is 2070. The van der Waals surface area contributed by atoms with Gasteiger partial charge in [0.2, 0.25) is 0 Å². The van der Waals surface area contributed by atoms with E-state index in [1.165, 1.54) is 47.0 Å². The molecule has 0 unspecified atom stereocenters. The molecule has 0 saturated heterocycles. The average molecular weight is 578 g/mol. The largest absolute Gasteiger partial charge is 0.457 e. The van der Waals surface area contributed by atoms with Crippen LogP contribution in [0.1, 0.15) is 45.6 Å². The van der Waals surface area contributed by atoms with Crippen LogP contribution in [0.3, 0.4) is 0 Å². The molecule has 1 aliphatic heterocycles. The number of fused-ring (bicyclic) bond motifs is 4. The maximum Gasteiger partial charge on any atom is 0.137 e. The van der Waals surface area contributed by atoms with E-state index in [4.69, 9.17) is 9.72 Å². The third-order valence-corrected chi connectivity index (χ3v) is 10.1. The second-order valence-corrected chi connectivity index (χ2v) is 13.8. The van der Waals surface area contributed by atoms with Gasteiger partial charge in [0.15, 0.2) is 0 Å². The Morgan fingerprint density at radius 1 is 0.773 bits per heavy atom. The Morgan fingerprint density at radius 3 is 2.41 bits per heavy atom. The molecule has 3 aliphatic carbocycles. The Hall–Kier alpha value is -4.84. The van der Waals surface area contributed by atoms with Crippen LogP contribution in [-0.2, 0) is 5.41 Å². The molecule has 0 atom stereocenters. The summed E-state index contributed by atoms with van der Waals surface area (Å²) in [7, 11) is 0. The number of hydrogen-bond donors (Lipinski definition) is 0. The molecule has 0 radical (unpaired) electrons. The van der Waals surface area contributed by atoms with E-state index in [9.17, 15) is 0 Å². The summed E-state index contributed by atoms with van der Waals surface area (Å²) in [5, 5.41) is 2.38. The van der Waals surface area contributed by atoms with Gasteiger partial charge in [-0.15, -0.1) is 0 Å². The molecule has 6 aromatic rings. The molecule has 218 valence electrons. The number of pyridine rings is 2. The minimum absolute atomic E-state index is 0.0243. The highest BCUT2D eigenvalue weighted by Gasteiger charge is 2.61. The fourth-order valence-corrected chi connectivity index (χ4v) is 7.62. The monoisotopic (exact) mass is 577 g/mol. The first-order valence-electron chi connectivity index (χ1n) is 15.6. The van der Waals surface area contributed by atoms with Crippen molar-refractivity contribution in [1.29, 1.82) is 0 Å². The predicted molar refractivity (Wildman–Crippen MR) is 178 cm³/mol. The average Bonchev–Trinajstić information content (AvgIpc) is 3.52. The summed E-state index contributed by atoms with van der Waals surface area (Å²) in [6.45, 7) is 7.57. The van der Waals surface area contributed by atoms with Crippen LogP contribution in [0.15, 0.2) is 104 Å². The van der Waals surface area contributed by atoms with E-state index in [2.05, 4.69) is 119 Å². The molecule has 3 saturated carbocycles. The number of ether oxygens (including phenoxy) is 1. The fraction of sp³-hybridized carbons (Fsp3) is 0.263. The SMILES string of the molecule is CC(C)(C)c1ccnc(-n2c3ccccc3c3ccc(Oc4cccc(N5CN(C67CC(C6)C7)c6ccncc65)c4)cc32)c1. The van der Waals surface area contributed by atoms with Gasteiger partial charge < -0.3 is 14.5 Å². The Morgan fingerprint density at radius 2 is 1.59 bits per heavy atom. The third kappa shape index (κ3) is 3.79. The second kappa shape index (κ2) is 9.08. The zero-order valence-electron chi connectivity index (χ0n) is 25.4. The first kappa shape index (κ1) is 25.6. The number of benzene rings is 3. The highest BCUT2D eigenvalue weighted by Crippen LogP contribution is 2.63. The molecular weight excluding hydrogens is 542 g/mol. The molecule has 3 aromatic carbocycles. The molecule has 10 rings (SSSR count). The van der Waals surface area contributed by atoms with E-state index in [1.54, 1.807) is 0 Å². The summed E-state index contributed by atoms with van der Waals surface area (Å²) in [4.78, 5) is 14.3. The molecular formula is C38H35N5O. The standard InChI is InChI=1S/C38H35N5O/c1-37(2,3)26-13-16-40-36(17-26)43-32-10-5-4-9-30(32)31-12-11-29(19-34(31)43)44-28-8-6-7-27(18-28)41-24-42(38-20-25(21-38)22-38)33-14-15-39-23-35(33)41/h4-19,23,25H,20-22,24H2,1-3H3. The predicted octanol–water partition coefficient (Wildman–Crippen LogP) is 9.13. The van der Waals surface area contributed by atoms with Crippen molar-refractivity contribution in [2.24, 2.45) is 5.92 Å². The van der Waals surface area contributed by atoms with Gasteiger partial charge in [-0.25, -0.2) is 4.98 Å². The van der Waals surface area contributed by atoms with Crippen LogP contribution in [0.2, 0.25) is 0 Å². The molecule has 2 bridgehead atoms. The minimum Gasteiger partial charge on any atom is -0.457 e.